The summed E-state index contributed by atoms with van der Waals surface area (Å²) in [6, 6.07) is 3.66. The molecule has 0 saturated heterocycles. The first-order valence-electron chi connectivity index (χ1n) is 9.89. The molecule has 0 radical (unpaired) electrons. The molecule has 0 aromatic heterocycles. The fourth-order valence-corrected chi connectivity index (χ4v) is 3.39. The van der Waals surface area contributed by atoms with Gasteiger partial charge in [0.25, 0.3) is 0 Å². The minimum absolute atomic E-state index is 0.262. The maximum absolute atomic E-state index is 9.88. The summed E-state index contributed by atoms with van der Waals surface area (Å²) in [6.07, 6.45) is 19.9. The van der Waals surface area contributed by atoms with Crippen LogP contribution in [0.2, 0.25) is 0 Å². The van der Waals surface area contributed by atoms with E-state index in [0.717, 1.165) is 28.6 Å². The number of aryl methyl sites for hydroxylation is 1. The molecule has 25 heavy (non-hydrogen) atoms. The van der Waals surface area contributed by atoms with Gasteiger partial charge in [0.05, 0.1) is 11.6 Å². The summed E-state index contributed by atoms with van der Waals surface area (Å²) in [5.74, 6) is 0.984. The number of benzene rings is 1. The second kappa shape index (κ2) is 14.2. The second-order valence-corrected chi connectivity index (χ2v) is 7.54. The van der Waals surface area contributed by atoms with Crippen LogP contribution in [0.15, 0.2) is 28.8 Å². The predicted molar refractivity (Wildman–Crippen MR) is 112 cm³/mol. The molecule has 1 aromatic carbocycles. The minimum atomic E-state index is 0.262. The number of allylic oxidation sites excluding steroid dienone is 2. The molecule has 1 rings (SSSR count). The SMILES string of the molecule is CCCC/C=C/CCCCCCCCCc1cc(OC)cc(O)c1Br. The molecule has 0 unspecified atom stereocenters. The number of phenolic OH excluding ortho intramolecular Hbond substituents is 1. The number of hydrogen-bond acceptors (Lipinski definition) is 2. The van der Waals surface area contributed by atoms with Crippen LogP contribution >= 0.6 is 15.9 Å². The smallest absolute Gasteiger partial charge is 0.133 e. The van der Waals surface area contributed by atoms with Gasteiger partial charge in [-0.2, -0.15) is 0 Å². The van der Waals surface area contributed by atoms with E-state index in [9.17, 15) is 5.11 Å². The molecule has 0 fully saturated rings. The van der Waals surface area contributed by atoms with Crippen molar-refractivity contribution in [3.8, 4) is 11.5 Å². The van der Waals surface area contributed by atoms with E-state index >= 15 is 0 Å². The summed E-state index contributed by atoms with van der Waals surface area (Å²) in [5.41, 5.74) is 1.13. The van der Waals surface area contributed by atoms with Crippen molar-refractivity contribution in [2.75, 3.05) is 7.11 Å². The van der Waals surface area contributed by atoms with Crippen LogP contribution in [0, 0.1) is 0 Å². The average molecular weight is 411 g/mol. The molecule has 2 nitrogen and oxygen atoms in total. The maximum Gasteiger partial charge on any atom is 0.133 e. The van der Waals surface area contributed by atoms with Gasteiger partial charge in [0, 0.05) is 6.07 Å². The molecule has 0 aliphatic rings. The normalized spacial score (nSPS) is 11.3. The Balaban J connectivity index is 2.04. The second-order valence-electron chi connectivity index (χ2n) is 6.75. The number of methoxy groups -OCH3 is 1. The molecule has 0 saturated carbocycles. The standard InChI is InChI=1S/C22H35BrO2/c1-3-4-5-6-7-8-9-10-11-12-13-14-15-16-19-17-20(25-2)18-21(24)22(19)23/h6-7,17-18,24H,3-5,8-16H2,1-2H3/b7-6+. The lowest BCUT2D eigenvalue weighted by Gasteiger charge is -2.09. The van der Waals surface area contributed by atoms with Gasteiger partial charge in [-0.3, -0.25) is 0 Å². The van der Waals surface area contributed by atoms with Crippen molar-refractivity contribution in [3.05, 3.63) is 34.3 Å². The van der Waals surface area contributed by atoms with Gasteiger partial charge >= 0.3 is 0 Å². The van der Waals surface area contributed by atoms with Crippen molar-refractivity contribution in [2.45, 2.75) is 84.0 Å². The van der Waals surface area contributed by atoms with E-state index in [1.807, 2.05) is 6.07 Å². The van der Waals surface area contributed by atoms with E-state index in [0.29, 0.717) is 0 Å². The third-order valence-corrected chi connectivity index (χ3v) is 5.46. The number of phenols is 1. The van der Waals surface area contributed by atoms with E-state index in [4.69, 9.17) is 4.74 Å². The van der Waals surface area contributed by atoms with Gasteiger partial charge in [-0.25, -0.2) is 0 Å². The van der Waals surface area contributed by atoms with Gasteiger partial charge in [-0.05, 0) is 59.7 Å². The van der Waals surface area contributed by atoms with Gasteiger partial charge in [0.1, 0.15) is 11.5 Å². The fourth-order valence-electron chi connectivity index (χ4n) is 2.96. The third kappa shape index (κ3) is 9.94. The topological polar surface area (TPSA) is 29.5 Å². The van der Waals surface area contributed by atoms with Crippen LogP contribution in [-0.2, 0) is 6.42 Å². The van der Waals surface area contributed by atoms with Gasteiger partial charge in [0.15, 0.2) is 0 Å². The first kappa shape index (κ1) is 22.1. The summed E-state index contributed by atoms with van der Waals surface area (Å²) < 4.78 is 6.03. The lowest BCUT2D eigenvalue weighted by atomic mass is 10.0. The summed E-state index contributed by atoms with van der Waals surface area (Å²) >= 11 is 3.47. The number of aromatic hydroxyl groups is 1. The molecule has 1 N–H and O–H groups in total. The summed E-state index contributed by atoms with van der Waals surface area (Å²) in [6.45, 7) is 2.24. The molecule has 0 bridgehead atoms. The highest BCUT2D eigenvalue weighted by Gasteiger charge is 2.08. The van der Waals surface area contributed by atoms with Crippen LogP contribution in [0.3, 0.4) is 0 Å². The number of rotatable bonds is 14. The van der Waals surface area contributed by atoms with Crippen LogP contribution < -0.4 is 4.74 Å². The van der Waals surface area contributed by atoms with E-state index in [2.05, 4.69) is 35.0 Å². The molecule has 0 heterocycles. The molecule has 0 amide bonds. The molecule has 142 valence electrons. The molecular weight excluding hydrogens is 376 g/mol. The average Bonchev–Trinajstić information content (AvgIpc) is 2.62. The number of hydrogen-bond donors (Lipinski definition) is 1. The van der Waals surface area contributed by atoms with Crippen LogP contribution in [0.5, 0.6) is 11.5 Å². The molecule has 0 spiro atoms. The quantitative estimate of drug-likeness (QED) is 0.253. The van der Waals surface area contributed by atoms with Crippen molar-refractivity contribution in [1.82, 2.24) is 0 Å². The van der Waals surface area contributed by atoms with E-state index in [1.54, 1.807) is 13.2 Å². The van der Waals surface area contributed by atoms with Gasteiger partial charge in [-0.1, -0.05) is 64.0 Å². The zero-order valence-corrected chi connectivity index (χ0v) is 17.6. The van der Waals surface area contributed by atoms with Gasteiger partial charge in [0.2, 0.25) is 0 Å². The van der Waals surface area contributed by atoms with Crippen molar-refractivity contribution < 1.29 is 9.84 Å². The predicted octanol–water partition coefficient (Wildman–Crippen LogP) is 7.57. The monoisotopic (exact) mass is 410 g/mol. The molecular formula is C22H35BrO2. The Bertz CT molecular complexity index is 497. The number of unbranched alkanes of at least 4 members (excludes halogenated alkanes) is 9. The zero-order chi connectivity index (χ0) is 18.3. The van der Waals surface area contributed by atoms with Crippen LogP contribution in [0.4, 0.5) is 0 Å². The van der Waals surface area contributed by atoms with Crippen molar-refractivity contribution in [2.24, 2.45) is 0 Å². The van der Waals surface area contributed by atoms with E-state index < -0.39 is 0 Å². The Morgan fingerprint density at radius 2 is 1.52 bits per heavy atom. The van der Waals surface area contributed by atoms with Gasteiger partial charge in [-0.15, -0.1) is 0 Å². The Kier molecular flexibility index (Phi) is 12.6. The lowest BCUT2D eigenvalue weighted by molar-refractivity contribution is 0.406. The molecule has 0 aliphatic carbocycles. The number of ether oxygens (including phenoxy) is 1. The molecule has 3 heteroatoms. The first-order chi connectivity index (χ1) is 12.2. The highest BCUT2D eigenvalue weighted by Crippen LogP contribution is 2.33. The Hall–Kier alpha value is -0.960. The van der Waals surface area contributed by atoms with E-state index in [1.165, 1.54) is 64.2 Å². The molecule has 0 atom stereocenters. The van der Waals surface area contributed by atoms with Gasteiger partial charge < -0.3 is 9.84 Å². The van der Waals surface area contributed by atoms with E-state index in [-0.39, 0.29) is 5.75 Å². The third-order valence-electron chi connectivity index (χ3n) is 4.55. The molecule has 1 aromatic rings. The van der Waals surface area contributed by atoms with Crippen molar-refractivity contribution in [3.63, 3.8) is 0 Å². The lowest BCUT2D eigenvalue weighted by Crippen LogP contribution is -1.91. The Morgan fingerprint density at radius 3 is 2.16 bits per heavy atom. The number of halogens is 1. The van der Waals surface area contributed by atoms with Crippen LogP contribution in [-0.4, -0.2) is 12.2 Å². The summed E-state index contributed by atoms with van der Waals surface area (Å²) in [7, 11) is 1.63. The highest BCUT2D eigenvalue weighted by molar-refractivity contribution is 9.10. The van der Waals surface area contributed by atoms with Crippen LogP contribution in [0.1, 0.15) is 83.1 Å². The maximum atomic E-state index is 9.88. The fraction of sp³-hybridized carbons (Fsp3) is 0.636. The van der Waals surface area contributed by atoms with Crippen LogP contribution in [0.25, 0.3) is 0 Å². The largest absolute Gasteiger partial charge is 0.507 e. The highest BCUT2D eigenvalue weighted by atomic mass is 79.9. The summed E-state index contributed by atoms with van der Waals surface area (Å²) in [5, 5.41) is 9.88. The first-order valence-corrected chi connectivity index (χ1v) is 10.7. The summed E-state index contributed by atoms with van der Waals surface area (Å²) in [4.78, 5) is 0. The minimum Gasteiger partial charge on any atom is -0.507 e. The van der Waals surface area contributed by atoms with Crippen molar-refractivity contribution >= 4 is 15.9 Å². The Labute approximate surface area is 162 Å². The molecule has 0 aliphatic heterocycles. The van der Waals surface area contributed by atoms with Crippen molar-refractivity contribution in [1.29, 1.82) is 0 Å². The zero-order valence-electron chi connectivity index (χ0n) is 16.0. The Morgan fingerprint density at radius 1 is 0.920 bits per heavy atom.